The minimum atomic E-state index is -0.0382. The normalized spacial score (nSPS) is 14.0. The van der Waals surface area contributed by atoms with E-state index in [0.29, 0.717) is 30.8 Å². The van der Waals surface area contributed by atoms with Gasteiger partial charge < -0.3 is 19.9 Å². The number of amides is 2. The molecule has 27 heavy (non-hydrogen) atoms. The highest BCUT2D eigenvalue weighted by molar-refractivity contribution is 5.96. The summed E-state index contributed by atoms with van der Waals surface area (Å²) in [6.07, 6.45) is 0.430. The fourth-order valence-corrected chi connectivity index (χ4v) is 3.09. The van der Waals surface area contributed by atoms with Crippen LogP contribution in [0.15, 0.2) is 48.5 Å². The minimum absolute atomic E-state index is 0.0257. The van der Waals surface area contributed by atoms with Gasteiger partial charge >= 0.3 is 0 Å². The summed E-state index contributed by atoms with van der Waals surface area (Å²) in [6, 6.07) is 15.1. The predicted molar refractivity (Wildman–Crippen MR) is 106 cm³/mol. The van der Waals surface area contributed by atoms with Crippen molar-refractivity contribution >= 4 is 23.2 Å². The molecule has 1 aliphatic heterocycles. The van der Waals surface area contributed by atoms with Crippen LogP contribution in [0.3, 0.4) is 0 Å². The molecule has 3 rings (SSSR count). The van der Waals surface area contributed by atoms with Crippen LogP contribution in [0.2, 0.25) is 0 Å². The van der Waals surface area contributed by atoms with E-state index in [1.807, 2.05) is 29.2 Å². The molecule has 0 atom stereocenters. The van der Waals surface area contributed by atoms with Gasteiger partial charge in [-0.3, -0.25) is 9.59 Å². The number of nitrogens with one attached hydrogen (secondary N) is 1. The van der Waals surface area contributed by atoms with Crippen LogP contribution in [0.4, 0.5) is 11.4 Å². The lowest BCUT2D eigenvalue weighted by Crippen LogP contribution is -2.48. The Morgan fingerprint density at radius 3 is 2.15 bits per heavy atom. The molecule has 1 saturated heterocycles. The lowest BCUT2D eigenvalue weighted by atomic mass is 10.1. The monoisotopic (exact) mass is 367 g/mol. The van der Waals surface area contributed by atoms with Crippen molar-refractivity contribution in [1.29, 1.82) is 0 Å². The van der Waals surface area contributed by atoms with Crippen LogP contribution < -0.4 is 15.0 Å². The second-order valence-corrected chi connectivity index (χ2v) is 6.46. The SMILES string of the molecule is CCC(=O)Nc1ccc(C(=O)N2CCN(c3ccc(OC)cc3)CC2)cc1. The molecule has 2 amide bonds. The number of hydrogen-bond donors (Lipinski definition) is 1. The average Bonchev–Trinajstić information content (AvgIpc) is 2.74. The molecule has 0 bridgehead atoms. The molecule has 0 saturated carbocycles. The van der Waals surface area contributed by atoms with Crippen LogP contribution in [0.1, 0.15) is 23.7 Å². The van der Waals surface area contributed by atoms with E-state index in [0.717, 1.165) is 24.5 Å². The van der Waals surface area contributed by atoms with E-state index in [2.05, 4.69) is 10.2 Å². The van der Waals surface area contributed by atoms with E-state index in [1.54, 1.807) is 38.3 Å². The Balaban J connectivity index is 1.57. The number of anilines is 2. The molecule has 0 aliphatic carbocycles. The van der Waals surface area contributed by atoms with E-state index in [9.17, 15) is 9.59 Å². The largest absolute Gasteiger partial charge is 0.497 e. The zero-order valence-corrected chi connectivity index (χ0v) is 15.8. The fraction of sp³-hybridized carbons (Fsp3) is 0.333. The van der Waals surface area contributed by atoms with Gasteiger partial charge in [0.05, 0.1) is 7.11 Å². The van der Waals surface area contributed by atoms with E-state index in [-0.39, 0.29) is 11.8 Å². The Labute approximate surface area is 159 Å². The minimum Gasteiger partial charge on any atom is -0.497 e. The third kappa shape index (κ3) is 4.58. The summed E-state index contributed by atoms with van der Waals surface area (Å²) >= 11 is 0. The summed E-state index contributed by atoms with van der Waals surface area (Å²) in [4.78, 5) is 28.3. The molecule has 2 aromatic rings. The van der Waals surface area contributed by atoms with Crippen LogP contribution >= 0.6 is 0 Å². The molecule has 6 heteroatoms. The van der Waals surface area contributed by atoms with Gasteiger partial charge in [0, 0.05) is 49.5 Å². The van der Waals surface area contributed by atoms with Crippen LogP contribution in [0, 0.1) is 0 Å². The topological polar surface area (TPSA) is 61.9 Å². The van der Waals surface area contributed by atoms with Crippen molar-refractivity contribution in [1.82, 2.24) is 4.90 Å². The van der Waals surface area contributed by atoms with Crippen molar-refractivity contribution in [2.45, 2.75) is 13.3 Å². The van der Waals surface area contributed by atoms with Crippen molar-refractivity contribution in [3.05, 3.63) is 54.1 Å². The van der Waals surface area contributed by atoms with Gasteiger partial charge in [0.15, 0.2) is 0 Å². The summed E-state index contributed by atoms with van der Waals surface area (Å²) < 4.78 is 5.20. The fourth-order valence-electron chi connectivity index (χ4n) is 3.09. The Bertz CT molecular complexity index is 779. The Morgan fingerprint density at radius 1 is 0.963 bits per heavy atom. The molecule has 0 spiro atoms. The molecular formula is C21H25N3O3. The molecule has 2 aromatic carbocycles. The molecule has 0 unspecified atom stereocenters. The average molecular weight is 367 g/mol. The number of ether oxygens (including phenoxy) is 1. The van der Waals surface area contributed by atoms with Gasteiger partial charge in [0.25, 0.3) is 5.91 Å². The highest BCUT2D eigenvalue weighted by atomic mass is 16.5. The van der Waals surface area contributed by atoms with Crippen molar-refractivity contribution in [3.8, 4) is 5.75 Å². The number of benzene rings is 2. The summed E-state index contributed by atoms with van der Waals surface area (Å²) in [5, 5.41) is 2.79. The van der Waals surface area contributed by atoms with Crippen LogP contribution in [-0.2, 0) is 4.79 Å². The maximum absolute atomic E-state index is 12.7. The van der Waals surface area contributed by atoms with E-state index < -0.39 is 0 Å². The Morgan fingerprint density at radius 2 is 1.59 bits per heavy atom. The summed E-state index contributed by atoms with van der Waals surface area (Å²) in [7, 11) is 1.66. The van der Waals surface area contributed by atoms with Gasteiger partial charge in [-0.25, -0.2) is 0 Å². The van der Waals surface area contributed by atoms with E-state index in [1.165, 1.54) is 0 Å². The quantitative estimate of drug-likeness (QED) is 0.882. The third-order valence-electron chi connectivity index (χ3n) is 4.74. The maximum Gasteiger partial charge on any atom is 0.253 e. The van der Waals surface area contributed by atoms with Crippen molar-refractivity contribution in [2.75, 3.05) is 43.5 Å². The molecule has 6 nitrogen and oxygen atoms in total. The Hall–Kier alpha value is -3.02. The number of carbonyl (C=O) groups excluding carboxylic acids is 2. The van der Waals surface area contributed by atoms with Gasteiger partial charge in [-0.05, 0) is 48.5 Å². The summed E-state index contributed by atoms with van der Waals surface area (Å²) in [5.41, 5.74) is 2.49. The molecule has 1 aliphatic rings. The molecule has 0 aromatic heterocycles. The molecule has 1 N–H and O–H groups in total. The zero-order chi connectivity index (χ0) is 19.2. The smallest absolute Gasteiger partial charge is 0.253 e. The number of rotatable bonds is 5. The van der Waals surface area contributed by atoms with Crippen molar-refractivity contribution in [3.63, 3.8) is 0 Å². The standard InChI is InChI=1S/C21H25N3O3/c1-3-20(25)22-17-6-4-16(5-7-17)21(26)24-14-12-23(13-15-24)18-8-10-19(27-2)11-9-18/h4-11H,3,12-15H2,1-2H3,(H,22,25). The van der Waals surface area contributed by atoms with Gasteiger partial charge in [-0.15, -0.1) is 0 Å². The predicted octanol–water partition coefficient (Wildman–Crippen LogP) is 3.01. The Kier molecular flexibility index (Phi) is 5.96. The summed E-state index contributed by atoms with van der Waals surface area (Å²) in [5.74, 6) is 0.826. The number of methoxy groups -OCH3 is 1. The third-order valence-corrected chi connectivity index (χ3v) is 4.74. The lowest BCUT2D eigenvalue weighted by Gasteiger charge is -2.36. The molecule has 1 heterocycles. The molecule has 1 fully saturated rings. The first kappa shape index (κ1) is 18.8. The number of piperazine rings is 1. The first-order valence-corrected chi connectivity index (χ1v) is 9.19. The van der Waals surface area contributed by atoms with E-state index in [4.69, 9.17) is 4.74 Å². The molecule has 0 radical (unpaired) electrons. The number of hydrogen-bond acceptors (Lipinski definition) is 4. The van der Waals surface area contributed by atoms with Gasteiger partial charge in [0.2, 0.25) is 5.91 Å². The number of nitrogens with zero attached hydrogens (tertiary/aromatic N) is 2. The zero-order valence-electron chi connectivity index (χ0n) is 15.8. The van der Waals surface area contributed by atoms with Gasteiger partial charge in [-0.2, -0.15) is 0 Å². The van der Waals surface area contributed by atoms with Crippen LogP contribution in [0.25, 0.3) is 0 Å². The van der Waals surface area contributed by atoms with Gasteiger partial charge in [0.1, 0.15) is 5.75 Å². The summed E-state index contributed by atoms with van der Waals surface area (Å²) in [6.45, 7) is 4.75. The highest BCUT2D eigenvalue weighted by Gasteiger charge is 2.22. The maximum atomic E-state index is 12.7. The second kappa shape index (κ2) is 8.58. The number of carbonyl (C=O) groups is 2. The first-order valence-electron chi connectivity index (χ1n) is 9.19. The van der Waals surface area contributed by atoms with Crippen LogP contribution in [-0.4, -0.2) is 50.0 Å². The van der Waals surface area contributed by atoms with Crippen molar-refractivity contribution < 1.29 is 14.3 Å². The second-order valence-electron chi connectivity index (χ2n) is 6.46. The van der Waals surface area contributed by atoms with Gasteiger partial charge in [-0.1, -0.05) is 6.92 Å². The first-order chi connectivity index (χ1) is 13.1. The van der Waals surface area contributed by atoms with Crippen molar-refractivity contribution in [2.24, 2.45) is 0 Å². The molecule has 142 valence electrons. The van der Waals surface area contributed by atoms with Crippen LogP contribution in [0.5, 0.6) is 5.75 Å². The highest BCUT2D eigenvalue weighted by Crippen LogP contribution is 2.21. The van der Waals surface area contributed by atoms with E-state index >= 15 is 0 Å². The molecular weight excluding hydrogens is 342 g/mol. The lowest BCUT2D eigenvalue weighted by molar-refractivity contribution is -0.115.